The lowest BCUT2D eigenvalue weighted by Crippen LogP contribution is -2.45. The number of methoxy groups -OCH3 is 1. The minimum atomic E-state index is -1.11. The second kappa shape index (κ2) is 6.87. The number of ether oxygens (including phenoxy) is 1. The fourth-order valence-electron chi connectivity index (χ4n) is 2.24. The summed E-state index contributed by atoms with van der Waals surface area (Å²) in [6.45, 7) is 1.64. The van der Waals surface area contributed by atoms with E-state index in [2.05, 4.69) is 21.2 Å². The highest BCUT2D eigenvalue weighted by Gasteiger charge is 2.33. The Morgan fingerprint density at radius 2 is 2.09 bits per heavy atom. The van der Waals surface area contributed by atoms with Crippen molar-refractivity contribution in [2.75, 3.05) is 7.11 Å². The minimum absolute atomic E-state index is 0.0939. The van der Waals surface area contributed by atoms with Gasteiger partial charge in [0.15, 0.2) is 10.4 Å². The van der Waals surface area contributed by atoms with Crippen molar-refractivity contribution in [2.45, 2.75) is 18.9 Å². The van der Waals surface area contributed by atoms with Crippen molar-refractivity contribution in [1.29, 1.82) is 0 Å². The van der Waals surface area contributed by atoms with Gasteiger partial charge in [-0.25, -0.2) is 0 Å². The van der Waals surface area contributed by atoms with Crippen LogP contribution in [0.25, 0.3) is 0 Å². The first-order valence-corrected chi connectivity index (χ1v) is 7.57. The van der Waals surface area contributed by atoms with E-state index in [-0.39, 0.29) is 12.2 Å². The second-order valence-corrected chi connectivity index (χ2v) is 5.97. The van der Waals surface area contributed by atoms with Crippen LogP contribution in [0.2, 0.25) is 0 Å². The van der Waals surface area contributed by atoms with Crippen molar-refractivity contribution < 1.29 is 23.8 Å². The summed E-state index contributed by atoms with van der Waals surface area (Å²) in [6, 6.07) is 10.0. The van der Waals surface area contributed by atoms with E-state index in [0.717, 1.165) is 0 Å². The van der Waals surface area contributed by atoms with Crippen molar-refractivity contribution in [2.24, 2.45) is 0 Å². The lowest BCUT2D eigenvalue weighted by Gasteiger charge is -2.29. The summed E-state index contributed by atoms with van der Waals surface area (Å²) in [5.41, 5.74) is -0.491. The van der Waals surface area contributed by atoms with Gasteiger partial charge in [0.2, 0.25) is 0 Å². The third-order valence-electron chi connectivity index (χ3n) is 3.40. The molecule has 122 valence electrons. The molecule has 0 aliphatic carbocycles. The molecule has 0 bridgehead atoms. The first-order chi connectivity index (χ1) is 10.8. The molecule has 1 amide bonds. The fraction of sp³-hybridized carbons (Fsp3) is 0.250. The number of halogens is 1. The van der Waals surface area contributed by atoms with Gasteiger partial charge in [-0.05, 0) is 52.7 Å². The number of carbonyl (C=O) groups excluding carboxylic acids is 1. The van der Waals surface area contributed by atoms with Crippen LogP contribution < -0.4 is 10.1 Å². The number of carboxylic acid groups (broad SMARTS) is 1. The van der Waals surface area contributed by atoms with Crippen LogP contribution in [0.5, 0.6) is 5.75 Å². The second-order valence-electron chi connectivity index (χ2n) is 5.19. The molecule has 1 aromatic carbocycles. The fourth-order valence-corrected chi connectivity index (χ4v) is 2.54. The molecule has 0 spiro atoms. The van der Waals surface area contributed by atoms with Crippen LogP contribution in [-0.4, -0.2) is 24.1 Å². The van der Waals surface area contributed by atoms with Crippen LogP contribution in [0.3, 0.4) is 0 Å². The largest absolute Gasteiger partial charge is 0.497 e. The normalized spacial score (nSPS) is 13.2. The number of carbonyl (C=O) groups is 2. The minimum Gasteiger partial charge on any atom is -0.497 e. The smallest absolute Gasteiger partial charge is 0.306 e. The van der Waals surface area contributed by atoms with Crippen LogP contribution >= 0.6 is 15.9 Å². The molecule has 1 atom stereocenters. The van der Waals surface area contributed by atoms with Crippen molar-refractivity contribution in [3.05, 3.63) is 52.4 Å². The summed E-state index contributed by atoms with van der Waals surface area (Å²) < 4.78 is 10.8. The molecule has 1 aromatic heterocycles. The number of nitrogens with one attached hydrogen (secondary N) is 1. The van der Waals surface area contributed by atoms with E-state index < -0.39 is 17.4 Å². The number of aliphatic carboxylic acids is 1. The molecule has 0 saturated carbocycles. The molecule has 23 heavy (non-hydrogen) atoms. The average molecular weight is 382 g/mol. The quantitative estimate of drug-likeness (QED) is 0.801. The molecule has 1 heterocycles. The van der Waals surface area contributed by atoms with Gasteiger partial charge in [-0.2, -0.15) is 0 Å². The van der Waals surface area contributed by atoms with Crippen LogP contribution in [0.1, 0.15) is 29.5 Å². The lowest BCUT2D eigenvalue weighted by atomic mass is 9.88. The molecule has 2 rings (SSSR count). The standard InChI is InChI=1S/C16H16BrNO5/c1-16(9-14(19)20,10-4-3-5-11(8-10)22-2)18-15(21)12-6-7-13(17)23-12/h3-8H,9H2,1-2H3,(H,18,21)(H,19,20). The van der Waals surface area contributed by atoms with Gasteiger partial charge in [0, 0.05) is 0 Å². The molecule has 7 heteroatoms. The monoisotopic (exact) mass is 381 g/mol. The zero-order valence-electron chi connectivity index (χ0n) is 12.6. The van der Waals surface area contributed by atoms with E-state index in [1.54, 1.807) is 37.3 Å². The number of hydrogen-bond donors (Lipinski definition) is 2. The highest BCUT2D eigenvalue weighted by molar-refractivity contribution is 9.10. The molecule has 0 fully saturated rings. The first kappa shape index (κ1) is 17.1. The number of benzene rings is 1. The van der Waals surface area contributed by atoms with Crippen molar-refractivity contribution in [1.82, 2.24) is 5.32 Å². The predicted molar refractivity (Wildman–Crippen MR) is 86.5 cm³/mol. The van der Waals surface area contributed by atoms with Crippen LogP contribution in [0.4, 0.5) is 0 Å². The van der Waals surface area contributed by atoms with E-state index in [1.807, 2.05) is 0 Å². The maximum absolute atomic E-state index is 12.3. The van der Waals surface area contributed by atoms with Gasteiger partial charge in [-0.15, -0.1) is 0 Å². The average Bonchev–Trinajstić information content (AvgIpc) is 2.93. The topological polar surface area (TPSA) is 88.8 Å². The van der Waals surface area contributed by atoms with Crippen molar-refractivity contribution in [3.63, 3.8) is 0 Å². The van der Waals surface area contributed by atoms with E-state index >= 15 is 0 Å². The molecule has 0 aliphatic heterocycles. The van der Waals surface area contributed by atoms with Crippen molar-refractivity contribution in [3.8, 4) is 5.75 Å². The number of carboxylic acids is 1. The first-order valence-electron chi connectivity index (χ1n) is 6.78. The highest BCUT2D eigenvalue weighted by atomic mass is 79.9. The molecular weight excluding hydrogens is 366 g/mol. The summed E-state index contributed by atoms with van der Waals surface area (Å²) >= 11 is 3.13. The van der Waals surface area contributed by atoms with Gasteiger partial charge < -0.3 is 19.6 Å². The van der Waals surface area contributed by atoms with E-state index in [4.69, 9.17) is 9.15 Å². The molecule has 1 unspecified atom stereocenters. The zero-order chi connectivity index (χ0) is 17.0. The van der Waals surface area contributed by atoms with E-state index in [0.29, 0.717) is 16.0 Å². The number of furan rings is 1. The molecule has 6 nitrogen and oxygen atoms in total. The molecular formula is C16H16BrNO5. The zero-order valence-corrected chi connectivity index (χ0v) is 14.2. The Morgan fingerprint density at radius 3 is 2.65 bits per heavy atom. The molecule has 2 aromatic rings. The molecule has 0 saturated heterocycles. The number of hydrogen-bond acceptors (Lipinski definition) is 4. The van der Waals surface area contributed by atoms with Gasteiger partial charge in [-0.3, -0.25) is 9.59 Å². The van der Waals surface area contributed by atoms with Gasteiger partial charge in [-0.1, -0.05) is 12.1 Å². The number of amides is 1. The van der Waals surface area contributed by atoms with Gasteiger partial charge in [0.1, 0.15) is 5.75 Å². The molecule has 2 N–H and O–H groups in total. The third kappa shape index (κ3) is 4.13. The summed E-state index contributed by atoms with van der Waals surface area (Å²) in [6.07, 6.45) is -0.284. The SMILES string of the molecule is COc1cccc(C(C)(CC(=O)O)NC(=O)c2ccc(Br)o2)c1. The van der Waals surface area contributed by atoms with E-state index in [1.165, 1.54) is 13.2 Å². The highest BCUT2D eigenvalue weighted by Crippen LogP contribution is 2.28. The Balaban J connectivity index is 2.34. The molecule has 0 radical (unpaired) electrons. The summed E-state index contributed by atoms with van der Waals surface area (Å²) in [5, 5.41) is 11.9. The Kier molecular flexibility index (Phi) is 5.10. The Morgan fingerprint density at radius 1 is 1.35 bits per heavy atom. The number of rotatable bonds is 6. The summed E-state index contributed by atoms with van der Waals surface area (Å²) in [4.78, 5) is 23.6. The predicted octanol–water partition coefficient (Wildman–Crippen LogP) is 3.17. The Bertz CT molecular complexity index is 727. The summed E-state index contributed by atoms with van der Waals surface area (Å²) in [5.74, 6) is -0.857. The van der Waals surface area contributed by atoms with Crippen LogP contribution in [-0.2, 0) is 10.3 Å². The maximum Gasteiger partial charge on any atom is 0.306 e. The molecule has 0 aliphatic rings. The van der Waals surface area contributed by atoms with Crippen LogP contribution in [0.15, 0.2) is 45.5 Å². The van der Waals surface area contributed by atoms with E-state index in [9.17, 15) is 14.7 Å². The van der Waals surface area contributed by atoms with Gasteiger partial charge >= 0.3 is 5.97 Å². The van der Waals surface area contributed by atoms with Crippen molar-refractivity contribution >= 4 is 27.8 Å². The maximum atomic E-state index is 12.3. The Labute approximate surface area is 141 Å². The summed E-state index contributed by atoms with van der Waals surface area (Å²) in [7, 11) is 1.52. The lowest BCUT2D eigenvalue weighted by molar-refractivity contribution is -0.138. The van der Waals surface area contributed by atoms with Crippen LogP contribution in [0, 0.1) is 0 Å². The van der Waals surface area contributed by atoms with Gasteiger partial charge in [0.25, 0.3) is 5.91 Å². The third-order valence-corrected chi connectivity index (χ3v) is 3.82. The van der Waals surface area contributed by atoms with Gasteiger partial charge in [0.05, 0.1) is 19.1 Å². The Hall–Kier alpha value is -2.28.